The van der Waals surface area contributed by atoms with Crippen LogP contribution in [0.3, 0.4) is 0 Å². The quantitative estimate of drug-likeness (QED) is 0.876. The van der Waals surface area contributed by atoms with Crippen molar-refractivity contribution in [3.05, 3.63) is 34.6 Å². The molecule has 0 radical (unpaired) electrons. The maximum atomic E-state index is 12.2. The van der Waals surface area contributed by atoms with Gasteiger partial charge in [0.15, 0.2) is 5.13 Å². The van der Waals surface area contributed by atoms with Gasteiger partial charge in [-0.1, -0.05) is 32.4 Å². The minimum Gasteiger partial charge on any atom is -0.255 e. The number of halogens is 1. The molecule has 5 nitrogen and oxygen atoms in total. The minimum atomic E-state index is -3.69. The van der Waals surface area contributed by atoms with Gasteiger partial charge in [0.1, 0.15) is 5.15 Å². The molecule has 2 heterocycles. The fourth-order valence-corrected chi connectivity index (χ4v) is 3.83. The van der Waals surface area contributed by atoms with Crippen LogP contribution in [-0.4, -0.2) is 18.4 Å². The number of sulfonamides is 1. The number of thiazole rings is 1. The second kappa shape index (κ2) is 5.31. The summed E-state index contributed by atoms with van der Waals surface area (Å²) >= 11 is 6.95. The van der Waals surface area contributed by atoms with E-state index >= 15 is 0 Å². The summed E-state index contributed by atoms with van der Waals surface area (Å²) in [6, 6.07) is 2.68. The monoisotopic (exact) mass is 331 g/mol. The first kappa shape index (κ1) is 15.2. The topological polar surface area (TPSA) is 72.0 Å². The molecule has 8 heteroatoms. The largest absolute Gasteiger partial charge is 0.263 e. The van der Waals surface area contributed by atoms with E-state index in [-0.39, 0.29) is 15.5 Å². The highest BCUT2D eigenvalue weighted by Crippen LogP contribution is 2.27. The van der Waals surface area contributed by atoms with E-state index < -0.39 is 10.0 Å². The fraction of sp³-hybridized carbons (Fsp3) is 0.333. The highest BCUT2D eigenvalue weighted by Gasteiger charge is 2.20. The Kier molecular flexibility index (Phi) is 4.04. The Bertz CT molecular complexity index is 720. The third-order valence-electron chi connectivity index (χ3n) is 2.50. The van der Waals surface area contributed by atoms with Gasteiger partial charge < -0.3 is 0 Å². The zero-order valence-corrected chi connectivity index (χ0v) is 13.6. The molecule has 0 aliphatic carbocycles. The molecule has 2 rings (SSSR count). The molecular weight excluding hydrogens is 318 g/mol. The van der Waals surface area contributed by atoms with Crippen LogP contribution in [0.15, 0.2) is 28.6 Å². The molecule has 0 aliphatic heterocycles. The molecule has 0 aliphatic rings. The predicted molar refractivity (Wildman–Crippen MR) is 80.9 cm³/mol. The molecular formula is C12H14ClN3O2S2. The third kappa shape index (κ3) is 3.47. The summed E-state index contributed by atoms with van der Waals surface area (Å²) in [6.07, 6.45) is 1.35. The first-order valence-corrected chi connectivity index (χ1v) is 8.53. The van der Waals surface area contributed by atoms with E-state index in [4.69, 9.17) is 11.6 Å². The number of nitrogens with zero attached hydrogens (tertiary/aromatic N) is 2. The number of pyridine rings is 1. The van der Waals surface area contributed by atoms with Crippen LogP contribution in [0, 0.1) is 0 Å². The first-order valence-electron chi connectivity index (χ1n) is 5.79. The van der Waals surface area contributed by atoms with Crippen molar-refractivity contribution in [2.45, 2.75) is 31.1 Å². The van der Waals surface area contributed by atoms with Gasteiger partial charge in [-0.25, -0.2) is 18.4 Å². The van der Waals surface area contributed by atoms with E-state index in [0.29, 0.717) is 5.13 Å². The number of nitrogens with one attached hydrogen (secondary N) is 1. The summed E-state index contributed by atoms with van der Waals surface area (Å²) in [5.41, 5.74) is 0.716. The molecule has 0 aromatic carbocycles. The Morgan fingerprint density at radius 2 is 2.05 bits per heavy atom. The van der Waals surface area contributed by atoms with Gasteiger partial charge in [0.25, 0.3) is 10.0 Å². The van der Waals surface area contributed by atoms with Gasteiger partial charge >= 0.3 is 0 Å². The van der Waals surface area contributed by atoms with Gasteiger partial charge in [-0.3, -0.25) is 4.72 Å². The lowest BCUT2D eigenvalue weighted by molar-refractivity contribution is 0.573. The number of rotatable bonds is 3. The van der Waals surface area contributed by atoms with Gasteiger partial charge in [-0.05, 0) is 12.1 Å². The van der Waals surface area contributed by atoms with Crippen molar-refractivity contribution < 1.29 is 8.42 Å². The zero-order valence-electron chi connectivity index (χ0n) is 11.2. The van der Waals surface area contributed by atoms with Gasteiger partial charge in [-0.2, -0.15) is 0 Å². The van der Waals surface area contributed by atoms with Crippen molar-refractivity contribution in [2.24, 2.45) is 0 Å². The predicted octanol–water partition coefficient (Wildman–Crippen LogP) is 3.29. The van der Waals surface area contributed by atoms with Gasteiger partial charge in [0, 0.05) is 17.0 Å². The maximum Gasteiger partial charge on any atom is 0.263 e. The van der Waals surface area contributed by atoms with Crippen molar-refractivity contribution in [3.8, 4) is 0 Å². The molecule has 2 aromatic rings. The van der Waals surface area contributed by atoms with E-state index in [1.54, 1.807) is 0 Å². The van der Waals surface area contributed by atoms with Crippen molar-refractivity contribution in [2.75, 3.05) is 4.72 Å². The minimum absolute atomic E-state index is 0.0602. The molecule has 0 amide bonds. The number of hydrogen-bond acceptors (Lipinski definition) is 5. The zero-order chi connectivity index (χ0) is 15.0. The highest BCUT2D eigenvalue weighted by molar-refractivity contribution is 7.93. The molecule has 0 saturated carbocycles. The Labute approximate surface area is 127 Å². The normalized spacial score (nSPS) is 12.4. The lowest BCUT2D eigenvalue weighted by Crippen LogP contribution is -2.15. The summed E-state index contributed by atoms with van der Waals surface area (Å²) in [7, 11) is -3.69. The van der Waals surface area contributed by atoms with E-state index in [0.717, 1.165) is 5.69 Å². The van der Waals surface area contributed by atoms with Crippen molar-refractivity contribution in [1.82, 2.24) is 9.97 Å². The van der Waals surface area contributed by atoms with Crippen LogP contribution in [0.2, 0.25) is 5.15 Å². The summed E-state index contributed by atoms with van der Waals surface area (Å²) in [6.45, 7) is 6.05. The Balaban J connectivity index is 2.27. The average Bonchev–Trinajstić information content (AvgIpc) is 2.76. The summed E-state index contributed by atoms with van der Waals surface area (Å²) < 4.78 is 26.8. The third-order valence-corrected chi connectivity index (χ3v) is 4.93. The van der Waals surface area contributed by atoms with Crippen molar-refractivity contribution >= 4 is 38.1 Å². The first-order chi connectivity index (χ1) is 9.18. The van der Waals surface area contributed by atoms with Crippen LogP contribution in [0.4, 0.5) is 5.13 Å². The molecule has 108 valence electrons. The second-order valence-electron chi connectivity index (χ2n) is 5.21. The molecule has 0 fully saturated rings. The van der Waals surface area contributed by atoms with Crippen LogP contribution >= 0.6 is 22.9 Å². The molecule has 0 unspecified atom stereocenters. The maximum absolute atomic E-state index is 12.2. The molecule has 0 bridgehead atoms. The van der Waals surface area contributed by atoms with Crippen LogP contribution in [-0.2, 0) is 15.4 Å². The Morgan fingerprint density at radius 1 is 1.35 bits per heavy atom. The highest BCUT2D eigenvalue weighted by atomic mass is 35.5. The smallest absolute Gasteiger partial charge is 0.255 e. The SMILES string of the molecule is CC(C)(C)c1csc(NS(=O)(=O)c2ccnc(Cl)c2)n1. The summed E-state index contributed by atoms with van der Waals surface area (Å²) in [5.74, 6) is 0. The van der Waals surface area contributed by atoms with Gasteiger partial charge in [0.2, 0.25) is 0 Å². The average molecular weight is 332 g/mol. The fourth-order valence-electron chi connectivity index (χ4n) is 1.39. The molecule has 0 atom stereocenters. The molecule has 20 heavy (non-hydrogen) atoms. The number of aromatic nitrogens is 2. The summed E-state index contributed by atoms with van der Waals surface area (Å²) in [5, 5.41) is 2.31. The molecule has 0 spiro atoms. The van der Waals surface area contributed by atoms with Crippen LogP contribution in [0.5, 0.6) is 0 Å². The van der Waals surface area contributed by atoms with Crippen molar-refractivity contribution in [3.63, 3.8) is 0 Å². The van der Waals surface area contributed by atoms with Crippen LogP contribution in [0.1, 0.15) is 26.5 Å². The van der Waals surface area contributed by atoms with Crippen LogP contribution in [0.25, 0.3) is 0 Å². The van der Waals surface area contributed by atoms with E-state index in [1.807, 2.05) is 26.2 Å². The summed E-state index contributed by atoms with van der Waals surface area (Å²) in [4.78, 5) is 8.11. The number of hydrogen-bond donors (Lipinski definition) is 1. The lowest BCUT2D eigenvalue weighted by Gasteiger charge is -2.14. The van der Waals surface area contributed by atoms with Crippen molar-refractivity contribution in [1.29, 1.82) is 0 Å². The molecule has 1 N–H and O–H groups in total. The molecule has 0 saturated heterocycles. The van der Waals surface area contributed by atoms with Crippen LogP contribution < -0.4 is 4.72 Å². The Hall–Kier alpha value is -1.18. The standard InChI is InChI=1S/C12H14ClN3O2S2/c1-12(2,3)9-7-19-11(15-9)16-20(17,18)8-4-5-14-10(13)6-8/h4-7H,1-3H3,(H,15,16). The second-order valence-corrected chi connectivity index (χ2v) is 8.14. The van der Waals surface area contributed by atoms with E-state index in [9.17, 15) is 8.42 Å². The number of anilines is 1. The van der Waals surface area contributed by atoms with Gasteiger partial charge in [0.05, 0.1) is 10.6 Å². The van der Waals surface area contributed by atoms with Gasteiger partial charge in [-0.15, -0.1) is 11.3 Å². The Morgan fingerprint density at radius 3 is 2.60 bits per heavy atom. The van der Waals surface area contributed by atoms with E-state index in [2.05, 4.69) is 14.7 Å². The molecule has 2 aromatic heterocycles. The lowest BCUT2D eigenvalue weighted by atomic mass is 9.93. The van der Waals surface area contributed by atoms with E-state index in [1.165, 1.54) is 29.7 Å².